The number of rotatable bonds is 5. The first-order chi connectivity index (χ1) is 14.4. The lowest BCUT2D eigenvalue weighted by molar-refractivity contribution is -0.113. The molecule has 1 aliphatic heterocycles. The van der Waals surface area contributed by atoms with Gasteiger partial charge in [-0.2, -0.15) is 0 Å². The highest BCUT2D eigenvalue weighted by Crippen LogP contribution is 2.35. The minimum atomic E-state index is -3.78. The van der Waals surface area contributed by atoms with Crippen LogP contribution in [-0.4, -0.2) is 33.2 Å². The molecule has 4 rings (SSSR count). The smallest absolute Gasteiger partial charge is 0.240 e. The molecule has 1 N–H and O–H groups in total. The first-order valence-electron chi connectivity index (χ1n) is 9.99. The molecule has 0 aromatic heterocycles. The SMILES string of the molecule is O=C(CS(=O)(=O)c1ccc2ccccc2c1)Nc1cccc(Cl)c1N1CCCCC1. The van der Waals surface area contributed by atoms with Gasteiger partial charge in [0.1, 0.15) is 5.75 Å². The van der Waals surface area contributed by atoms with Gasteiger partial charge in [-0.05, 0) is 54.3 Å². The number of fused-ring (bicyclic) bond motifs is 1. The van der Waals surface area contributed by atoms with E-state index >= 15 is 0 Å². The largest absolute Gasteiger partial charge is 0.369 e. The molecule has 1 saturated heterocycles. The number of sulfone groups is 1. The van der Waals surface area contributed by atoms with Gasteiger partial charge < -0.3 is 10.2 Å². The number of halogens is 1. The van der Waals surface area contributed by atoms with E-state index in [1.807, 2.05) is 24.3 Å². The quantitative estimate of drug-likeness (QED) is 0.610. The van der Waals surface area contributed by atoms with Gasteiger partial charge in [-0.15, -0.1) is 0 Å². The Morgan fingerprint density at radius 3 is 2.43 bits per heavy atom. The average Bonchev–Trinajstić information content (AvgIpc) is 2.73. The molecule has 0 saturated carbocycles. The topological polar surface area (TPSA) is 66.5 Å². The van der Waals surface area contributed by atoms with E-state index in [9.17, 15) is 13.2 Å². The molecule has 0 aliphatic carbocycles. The van der Waals surface area contributed by atoms with Gasteiger partial charge in [0.2, 0.25) is 5.91 Å². The fourth-order valence-corrected chi connectivity index (χ4v) is 5.32. The Balaban J connectivity index is 1.55. The highest BCUT2D eigenvalue weighted by Gasteiger charge is 2.23. The molecule has 1 amide bonds. The van der Waals surface area contributed by atoms with Crippen LogP contribution >= 0.6 is 11.6 Å². The molecule has 5 nitrogen and oxygen atoms in total. The number of nitrogens with one attached hydrogen (secondary N) is 1. The summed E-state index contributed by atoms with van der Waals surface area (Å²) in [6.07, 6.45) is 3.30. The second-order valence-electron chi connectivity index (χ2n) is 7.50. The first-order valence-corrected chi connectivity index (χ1v) is 12.0. The summed E-state index contributed by atoms with van der Waals surface area (Å²) in [5.41, 5.74) is 1.30. The van der Waals surface area contributed by atoms with Gasteiger partial charge in [0, 0.05) is 13.1 Å². The van der Waals surface area contributed by atoms with Crippen molar-refractivity contribution in [3.05, 3.63) is 65.7 Å². The molecule has 1 heterocycles. The molecule has 30 heavy (non-hydrogen) atoms. The summed E-state index contributed by atoms with van der Waals surface area (Å²) < 4.78 is 25.7. The maximum atomic E-state index is 12.8. The van der Waals surface area contributed by atoms with Gasteiger partial charge in [-0.25, -0.2) is 8.42 Å². The third kappa shape index (κ3) is 4.45. The van der Waals surface area contributed by atoms with Gasteiger partial charge in [-0.1, -0.05) is 48.0 Å². The third-order valence-corrected chi connectivity index (χ3v) is 7.25. The molecule has 1 aliphatic rings. The summed E-state index contributed by atoms with van der Waals surface area (Å²) in [5, 5.41) is 5.09. The minimum Gasteiger partial charge on any atom is -0.369 e. The lowest BCUT2D eigenvalue weighted by atomic mass is 10.1. The van der Waals surface area contributed by atoms with Crippen LogP contribution in [0.2, 0.25) is 5.02 Å². The van der Waals surface area contributed by atoms with Crippen LogP contribution < -0.4 is 10.2 Å². The molecule has 1 fully saturated rings. The number of carbonyl (C=O) groups excluding carboxylic acids is 1. The lowest BCUT2D eigenvalue weighted by Crippen LogP contribution is -2.31. The van der Waals surface area contributed by atoms with Crippen LogP contribution in [0.15, 0.2) is 65.6 Å². The van der Waals surface area contributed by atoms with Crippen molar-refractivity contribution in [2.24, 2.45) is 0 Å². The molecule has 7 heteroatoms. The Morgan fingerprint density at radius 2 is 1.67 bits per heavy atom. The Hall–Kier alpha value is -2.57. The number of hydrogen-bond acceptors (Lipinski definition) is 4. The summed E-state index contributed by atoms with van der Waals surface area (Å²) in [7, 11) is -3.78. The van der Waals surface area contributed by atoms with Crippen LogP contribution in [0, 0.1) is 0 Å². The Labute approximate surface area is 181 Å². The highest BCUT2D eigenvalue weighted by molar-refractivity contribution is 7.92. The fourth-order valence-electron chi connectivity index (χ4n) is 3.86. The van der Waals surface area contributed by atoms with E-state index in [1.54, 1.807) is 36.4 Å². The van der Waals surface area contributed by atoms with Crippen LogP contribution in [-0.2, 0) is 14.6 Å². The van der Waals surface area contributed by atoms with Crippen LogP contribution in [0.1, 0.15) is 19.3 Å². The maximum absolute atomic E-state index is 12.8. The van der Waals surface area contributed by atoms with E-state index in [4.69, 9.17) is 11.6 Å². The second kappa shape index (κ2) is 8.66. The summed E-state index contributed by atoms with van der Waals surface area (Å²) in [4.78, 5) is 14.9. The van der Waals surface area contributed by atoms with Crippen molar-refractivity contribution in [1.82, 2.24) is 0 Å². The van der Waals surface area contributed by atoms with Gasteiger partial charge >= 0.3 is 0 Å². The van der Waals surface area contributed by atoms with Crippen LogP contribution in [0.4, 0.5) is 11.4 Å². The van der Waals surface area contributed by atoms with Gasteiger partial charge in [0.15, 0.2) is 9.84 Å². The predicted molar refractivity (Wildman–Crippen MR) is 122 cm³/mol. The molecule has 156 valence electrons. The molecule has 0 bridgehead atoms. The van der Waals surface area contributed by atoms with Crippen molar-refractivity contribution in [3.8, 4) is 0 Å². The normalized spacial score (nSPS) is 14.6. The predicted octanol–water partition coefficient (Wildman–Crippen LogP) is 4.90. The van der Waals surface area contributed by atoms with Crippen LogP contribution in [0.5, 0.6) is 0 Å². The van der Waals surface area contributed by atoms with Crippen molar-refractivity contribution in [3.63, 3.8) is 0 Å². The fraction of sp³-hybridized carbons (Fsp3) is 0.261. The molecular formula is C23H23ClN2O3S. The molecule has 0 unspecified atom stereocenters. The number of amides is 1. The number of nitrogens with zero attached hydrogens (tertiary/aromatic N) is 1. The van der Waals surface area contributed by atoms with Gasteiger partial charge in [-0.3, -0.25) is 4.79 Å². The van der Waals surface area contributed by atoms with Crippen molar-refractivity contribution in [1.29, 1.82) is 0 Å². The number of carbonyl (C=O) groups is 1. The maximum Gasteiger partial charge on any atom is 0.240 e. The zero-order valence-corrected chi connectivity index (χ0v) is 18.0. The van der Waals surface area contributed by atoms with Crippen LogP contribution in [0.3, 0.4) is 0 Å². The standard InChI is InChI=1S/C23H23ClN2O3S/c24-20-9-6-10-21(23(20)26-13-4-1-5-14-26)25-22(27)16-30(28,29)19-12-11-17-7-2-3-8-18(17)15-19/h2-3,6-12,15H,1,4-5,13-14,16H2,(H,25,27). The van der Waals surface area contributed by atoms with E-state index in [0.29, 0.717) is 10.7 Å². The van der Waals surface area contributed by atoms with Crippen LogP contribution in [0.25, 0.3) is 10.8 Å². The number of para-hydroxylation sites is 1. The first kappa shape index (κ1) is 20.7. The van der Waals surface area contributed by atoms with Gasteiger partial charge in [0.25, 0.3) is 0 Å². The molecule has 0 atom stereocenters. The zero-order chi connectivity index (χ0) is 21.1. The van der Waals surface area contributed by atoms with E-state index < -0.39 is 21.5 Å². The second-order valence-corrected chi connectivity index (χ2v) is 9.90. The van der Waals surface area contributed by atoms with Gasteiger partial charge in [0.05, 0.1) is 21.3 Å². The summed E-state index contributed by atoms with van der Waals surface area (Å²) in [6.45, 7) is 1.73. The van der Waals surface area contributed by atoms with E-state index in [2.05, 4.69) is 10.2 Å². The molecule has 3 aromatic rings. The monoisotopic (exact) mass is 442 g/mol. The van der Waals surface area contributed by atoms with Crippen molar-refractivity contribution in [2.75, 3.05) is 29.1 Å². The molecular weight excluding hydrogens is 420 g/mol. The van der Waals surface area contributed by atoms with E-state index in [-0.39, 0.29) is 4.90 Å². The Kier molecular flexibility index (Phi) is 5.97. The summed E-state index contributed by atoms with van der Waals surface area (Å²) in [6, 6.07) is 17.7. The lowest BCUT2D eigenvalue weighted by Gasteiger charge is -2.31. The zero-order valence-electron chi connectivity index (χ0n) is 16.5. The Morgan fingerprint density at radius 1 is 0.933 bits per heavy atom. The summed E-state index contributed by atoms with van der Waals surface area (Å²) >= 11 is 6.42. The summed E-state index contributed by atoms with van der Waals surface area (Å²) in [5.74, 6) is -1.21. The highest BCUT2D eigenvalue weighted by atomic mass is 35.5. The third-order valence-electron chi connectivity index (χ3n) is 5.33. The minimum absolute atomic E-state index is 0.138. The molecule has 3 aromatic carbocycles. The van der Waals surface area contributed by atoms with E-state index in [0.717, 1.165) is 42.4 Å². The van der Waals surface area contributed by atoms with E-state index in [1.165, 1.54) is 6.42 Å². The molecule has 0 radical (unpaired) electrons. The van der Waals surface area contributed by atoms with Crippen molar-refractivity contribution < 1.29 is 13.2 Å². The molecule has 0 spiro atoms. The van der Waals surface area contributed by atoms with Crippen molar-refractivity contribution in [2.45, 2.75) is 24.2 Å². The van der Waals surface area contributed by atoms with Crippen molar-refractivity contribution >= 4 is 49.5 Å². The Bertz CT molecular complexity index is 1190. The number of benzene rings is 3. The number of piperidine rings is 1. The number of hydrogen-bond donors (Lipinski definition) is 1. The number of anilines is 2. The average molecular weight is 443 g/mol.